The number of carbonyl (C=O) groups excluding carboxylic acids is 2. The van der Waals surface area contributed by atoms with Gasteiger partial charge in [0, 0.05) is 27.3 Å². The second-order valence-corrected chi connectivity index (χ2v) is 20.3. The Morgan fingerprint density at radius 1 is 0.329 bits per heavy atom. The van der Waals surface area contributed by atoms with Crippen molar-refractivity contribution in [3.05, 3.63) is 0 Å². The lowest BCUT2D eigenvalue weighted by Gasteiger charge is -2.49. The Labute approximate surface area is 483 Å². The summed E-state index contributed by atoms with van der Waals surface area (Å²) in [5.41, 5.74) is 0. The summed E-state index contributed by atoms with van der Waals surface area (Å²) in [5, 5.41) is 194. The predicted octanol–water partition coefficient (Wildman–Crippen LogP) is -12.9. The molecule has 85 heavy (non-hydrogen) atoms. The molecule has 30 atom stereocenters. The molecule has 0 bridgehead atoms. The number of hydrogen-bond acceptors (Lipinski definition) is 36. The van der Waals surface area contributed by atoms with Crippen molar-refractivity contribution >= 4 is 12.2 Å². The smallest absolute Gasteiger partial charge is 0.407 e. The monoisotopic (exact) mass is 1250 g/mol. The molecule has 2 amide bonds. The maximum absolute atomic E-state index is 12.6. The second kappa shape index (κ2) is 33.9. The van der Waals surface area contributed by atoms with Crippen LogP contribution in [0.5, 0.6) is 0 Å². The summed E-state index contributed by atoms with van der Waals surface area (Å²) >= 11 is 0. The maximum atomic E-state index is 12.6. The number of rotatable bonds is 28. The van der Waals surface area contributed by atoms with Gasteiger partial charge in [0.05, 0.1) is 52.9 Å². The van der Waals surface area contributed by atoms with E-state index in [1.54, 1.807) is 0 Å². The first-order valence-electron chi connectivity index (χ1n) is 27.1. The van der Waals surface area contributed by atoms with Crippen molar-refractivity contribution < 1.29 is 177 Å². The van der Waals surface area contributed by atoms with Crippen LogP contribution in [0.15, 0.2) is 0 Å². The van der Waals surface area contributed by atoms with Crippen molar-refractivity contribution in [2.45, 2.75) is 191 Å². The lowest BCUT2D eigenvalue weighted by Crippen LogP contribution is -2.67. The molecule has 38 nitrogen and oxygen atoms in total. The Bertz CT molecular complexity index is 1820. The van der Waals surface area contributed by atoms with E-state index < -0.39 is 262 Å². The molecule has 6 aliphatic rings. The molecule has 0 aromatic carbocycles. The summed E-state index contributed by atoms with van der Waals surface area (Å²) in [5.74, 6) is 0. The average molecular weight is 1250 g/mol. The van der Waals surface area contributed by atoms with Crippen molar-refractivity contribution in [2.75, 3.05) is 93.4 Å². The van der Waals surface area contributed by atoms with Crippen molar-refractivity contribution in [2.24, 2.45) is 0 Å². The fraction of sp³-hybridized carbons (Fsp3) is 0.957. The number of nitrogens with one attached hydrogen (secondary N) is 2. The van der Waals surface area contributed by atoms with Crippen molar-refractivity contribution in [1.82, 2.24) is 10.6 Å². The van der Waals surface area contributed by atoms with E-state index in [0.29, 0.717) is 0 Å². The Morgan fingerprint density at radius 2 is 0.612 bits per heavy atom. The summed E-state index contributed by atoms with van der Waals surface area (Å²) < 4.78 is 88.8. The van der Waals surface area contributed by atoms with Crippen LogP contribution in [-0.4, -0.2) is 382 Å². The minimum Gasteiger partial charge on any atom is -0.447 e. The van der Waals surface area contributed by atoms with Crippen LogP contribution >= 0.6 is 0 Å². The molecule has 6 saturated heterocycles. The zero-order valence-corrected chi connectivity index (χ0v) is 45.9. The maximum Gasteiger partial charge on any atom is 0.407 e. The van der Waals surface area contributed by atoms with E-state index in [2.05, 4.69) is 10.6 Å². The fourth-order valence-electron chi connectivity index (χ4n) is 10.0. The molecule has 6 fully saturated rings. The van der Waals surface area contributed by atoms with Gasteiger partial charge in [-0.05, 0) is 6.42 Å². The van der Waals surface area contributed by atoms with Crippen LogP contribution in [0.4, 0.5) is 9.59 Å². The number of ether oxygens (including phenoxy) is 16. The van der Waals surface area contributed by atoms with Gasteiger partial charge in [0.15, 0.2) is 37.7 Å². The molecule has 0 aromatic rings. The molecular formula is C47H82N2O36. The number of methoxy groups -OCH3 is 2. The zero-order chi connectivity index (χ0) is 62.4. The number of alkyl carbamates (subject to hydrolysis) is 2. The molecule has 0 unspecified atom stereocenters. The SMILES string of the molecule is CO[C@@H]1O[C@H](CO)[C@@H](O[C@@H]2O[C@H](CO)[C@H](O[C@H]3O[C@H](CO)[C@H](O)[C@H](O)[C@H]3O)[C@H](O)[C@H]2OCCOC(=O)NCCCNC(=O)OCCO[C@H]2[C@H](O[C@H]3[C@H](O)[C@@H](O)[C@H](OC)O[C@@H]3CO)O[C@H](CO)[C@H](O[C@H]3O[C@H](CO)[C@H](O)[C@H](O)[C@H]3O)[C@@H]2O)[C@H](O)[C@H]1O. The summed E-state index contributed by atoms with van der Waals surface area (Å²) in [6.07, 6.45) is -52.9. The minimum absolute atomic E-state index is 0.0902. The molecular weight excluding hydrogens is 1170 g/mol. The summed E-state index contributed by atoms with van der Waals surface area (Å²) in [7, 11) is 2.33. The van der Waals surface area contributed by atoms with Crippen LogP contribution in [0.25, 0.3) is 0 Å². The first kappa shape index (κ1) is 71.3. The highest BCUT2D eigenvalue weighted by molar-refractivity contribution is 5.67. The van der Waals surface area contributed by atoms with Crippen LogP contribution in [0.1, 0.15) is 6.42 Å². The van der Waals surface area contributed by atoms with E-state index in [0.717, 1.165) is 0 Å². The molecule has 38 heteroatoms. The number of hydrogen-bond donors (Lipinski definition) is 20. The van der Waals surface area contributed by atoms with E-state index >= 15 is 0 Å². The van der Waals surface area contributed by atoms with E-state index in [9.17, 15) is 102 Å². The molecule has 0 aromatic heterocycles. The largest absolute Gasteiger partial charge is 0.447 e. The standard InChI is InChI=1S/C47H82N2O36/c1-70-40-30(64)26(60)34(18(12-52)78-40)84-44-38(32(66)36(20(14-54)80-44)82-42-28(62)24(58)22(56)16(10-50)76-42)72-6-8-74-46(68)48-4-3-5-49-47(69)75-9-7-73-39-33(67)37(83-43-29(63)25(59)23(57)17(11-51)77-43)21(15-55)81-45(39)85-35-19(13-53)79-41(71-2)31(65)27(35)61/h16-45,50-67H,3-15H2,1-2H3,(H,48,68)(H,49,69)/t16-,17-,18-,19-,20-,21-,22+,23+,24+,25+,26-,27-,28-,29-,30-,31-,32+,33+,34-,35-,36+,37+,38-,39-,40-,41-,42-,43-,44+,45+/m1/s1. The van der Waals surface area contributed by atoms with Gasteiger partial charge in [0.2, 0.25) is 0 Å². The number of amides is 2. The fourth-order valence-corrected chi connectivity index (χ4v) is 10.0. The molecule has 0 saturated carbocycles. The first-order valence-corrected chi connectivity index (χ1v) is 27.1. The van der Waals surface area contributed by atoms with Crippen LogP contribution in [0, 0.1) is 0 Å². The molecule has 0 aliphatic carbocycles. The molecule has 20 N–H and O–H groups in total. The lowest BCUT2D eigenvalue weighted by molar-refractivity contribution is -0.382. The molecule has 0 radical (unpaired) electrons. The average Bonchev–Trinajstić information content (AvgIpc) is 3.55. The number of aliphatic hydroxyl groups excluding tert-OH is 18. The summed E-state index contributed by atoms with van der Waals surface area (Å²) in [6.45, 7) is -7.38. The van der Waals surface area contributed by atoms with Gasteiger partial charge in [-0.25, -0.2) is 9.59 Å². The second-order valence-electron chi connectivity index (χ2n) is 20.3. The molecule has 6 rings (SSSR count). The van der Waals surface area contributed by atoms with Crippen LogP contribution < -0.4 is 10.6 Å². The summed E-state index contributed by atoms with van der Waals surface area (Å²) in [4.78, 5) is 25.3. The zero-order valence-electron chi connectivity index (χ0n) is 45.9. The van der Waals surface area contributed by atoms with E-state index in [-0.39, 0.29) is 19.5 Å². The minimum atomic E-state index is -1.96. The summed E-state index contributed by atoms with van der Waals surface area (Å²) in [6, 6.07) is 0. The van der Waals surface area contributed by atoms with Gasteiger partial charge < -0.3 is 178 Å². The Balaban J connectivity index is 0.987. The topological polar surface area (TPSA) is 570 Å². The van der Waals surface area contributed by atoms with Gasteiger partial charge in [0.25, 0.3) is 0 Å². The van der Waals surface area contributed by atoms with Gasteiger partial charge in [0.1, 0.15) is 160 Å². The quantitative estimate of drug-likeness (QED) is 0.0324. The molecule has 6 aliphatic heterocycles. The first-order chi connectivity index (χ1) is 40.6. The number of aliphatic hydroxyl groups is 18. The Hall–Kier alpha value is -2.74. The molecule has 496 valence electrons. The third kappa shape index (κ3) is 17.4. The Kier molecular flexibility index (Phi) is 28.5. The van der Waals surface area contributed by atoms with Crippen LogP contribution in [-0.2, 0) is 75.8 Å². The van der Waals surface area contributed by atoms with E-state index in [1.165, 1.54) is 14.2 Å². The van der Waals surface area contributed by atoms with Gasteiger partial charge >= 0.3 is 12.2 Å². The predicted molar refractivity (Wildman–Crippen MR) is 263 cm³/mol. The molecule has 0 spiro atoms. The lowest BCUT2D eigenvalue weighted by atomic mass is 9.96. The third-order valence-corrected chi connectivity index (χ3v) is 14.7. The normalized spacial score (nSPS) is 44.3. The molecule has 6 heterocycles. The van der Waals surface area contributed by atoms with Gasteiger partial charge in [-0.2, -0.15) is 0 Å². The van der Waals surface area contributed by atoms with Gasteiger partial charge in [-0.3, -0.25) is 0 Å². The highest BCUT2D eigenvalue weighted by Gasteiger charge is 2.57. The van der Waals surface area contributed by atoms with E-state index in [4.69, 9.17) is 75.8 Å². The highest BCUT2D eigenvalue weighted by atomic mass is 16.8. The van der Waals surface area contributed by atoms with Gasteiger partial charge in [-0.1, -0.05) is 0 Å². The van der Waals surface area contributed by atoms with Crippen molar-refractivity contribution in [3.8, 4) is 0 Å². The van der Waals surface area contributed by atoms with Crippen molar-refractivity contribution in [1.29, 1.82) is 0 Å². The third-order valence-electron chi connectivity index (χ3n) is 14.7. The highest BCUT2D eigenvalue weighted by Crippen LogP contribution is 2.36. The van der Waals surface area contributed by atoms with E-state index in [1.807, 2.05) is 0 Å². The van der Waals surface area contributed by atoms with Gasteiger partial charge in [-0.15, -0.1) is 0 Å². The number of carbonyl (C=O) groups is 2. The van der Waals surface area contributed by atoms with Crippen LogP contribution in [0.3, 0.4) is 0 Å². The Morgan fingerprint density at radius 3 is 0.929 bits per heavy atom. The van der Waals surface area contributed by atoms with Crippen LogP contribution in [0.2, 0.25) is 0 Å². The van der Waals surface area contributed by atoms with Crippen molar-refractivity contribution in [3.63, 3.8) is 0 Å².